The summed E-state index contributed by atoms with van der Waals surface area (Å²) in [5.41, 5.74) is 1.58. The Morgan fingerprint density at radius 1 is 1.27 bits per heavy atom. The van der Waals surface area contributed by atoms with E-state index in [0.29, 0.717) is 19.0 Å². The fraction of sp³-hybridized carbons (Fsp3) is 0.435. The van der Waals surface area contributed by atoms with Gasteiger partial charge in [0, 0.05) is 19.3 Å². The molecule has 2 heterocycles. The number of nitrogens with zero attached hydrogens (tertiary/aromatic N) is 4. The van der Waals surface area contributed by atoms with E-state index in [-0.39, 0.29) is 10.6 Å². The van der Waals surface area contributed by atoms with Gasteiger partial charge in [0.2, 0.25) is 0 Å². The van der Waals surface area contributed by atoms with Crippen LogP contribution in [-0.4, -0.2) is 31.9 Å². The molecule has 5 nitrogen and oxygen atoms in total. The SMILES string of the molecule is CCCCCN(Cc1nc2cccnc2n1CC1CC1)C(=O)c1c(F)cccc1Cl. The number of benzene rings is 1. The quantitative estimate of drug-likeness (QED) is 0.425. The first-order chi connectivity index (χ1) is 14.6. The van der Waals surface area contributed by atoms with Gasteiger partial charge in [0.15, 0.2) is 5.65 Å². The topological polar surface area (TPSA) is 51.0 Å². The number of carbonyl (C=O) groups excluding carboxylic acids is 1. The smallest absolute Gasteiger partial charge is 0.258 e. The number of imidazole rings is 1. The van der Waals surface area contributed by atoms with Crippen molar-refractivity contribution in [2.24, 2.45) is 5.92 Å². The lowest BCUT2D eigenvalue weighted by Crippen LogP contribution is -2.33. The summed E-state index contributed by atoms with van der Waals surface area (Å²) in [7, 11) is 0. The van der Waals surface area contributed by atoms with Crippen molar-refractivity contribution in [1.82, 2.24) is 19.4 Å². The van der Waals surface area contributed by atoms with Gasteiger partial charge in [-0.15, -0.1) is 0 Å². The van der Waals surface area contributed by atoms with E-state index in [1.165, 1.54) is 25.0 Å². The van der Waals surface area contributed by atoms with Gasteiger partial charge in [0.1, 0.15) is 17.2 Å². The number of unbranched alkanes of at least 4 members (excludes halogenated alkanes) is 2. The van der Waals surface area contributed by atoms with Crippen LogP contribution in [0.4, 0.5) is 4.39 Å². The standard InChI is InChI=1S/C23H26ClFN4O/c1-2-3-4-13-28(23(30)21-17(24)7-5-8-18(21)25)15-20-27-19-9-6-12-26-22(19)29(20)14-16-10-11-16/h5-9,12,16H,2-4,10-11,13-15H2,1H3. The van der Waals surface area contributed by atoms with Gasteiger partial charge in [-0.25, -0.2) is 14.4 Å². The second kappa shape index (κ2) is 9.13. The molecular weight excluding hydrogens is 403 g/mol. The van der Waals surface area contributed by atoms with Crippen LogP contribution in [0.15, 0.2) is 36.5 Å². The zero-order valence-corrected chi connectivity index (χ0v) is 17.9. The van der Waals surface area contributed by atoms with Crippen molar-refractivity contribution in [1.29, 1.82) is 0 Å². The van der Waals surface area contributed by atoms with E-state index in [1.54, 1.807) is 17.2 Å². The Morgan fingerprint density at radius 2 is 2.10 bits per heavy atom. The van der Waals surface area contributed by atoms with Crippen molar-refractivity contribution in [2.45, 2.75) is 52.1 Å². The number of hydrogen-bond donors (Lipinski definition) is 0. The minimum atomic E-state index is -0.596. The van der Waals surface area contributed by atoms with Crippen LogP contribution in [0.5, 0.6) is 0 Å². The summed E-state index contributed by atoms with van der Waals surface area (Å²) in [6, 6.07) is 8.14. The van der Waals surface area contributed by atoms with Crippen molar-refractivity contribution < 1.29 is 9.18 Å². The maximum absolute atomic E-state index is 14.5. The number of hydrogen-bond acceptors (Lipinski definition) is 3. The van der Waals surface area contributed by atoms with Gasteiger partial charge >= 0.3 is 0 Å². The first kappa shape index (κ1) is 20.8. The Hall–Kier alpha value is -2.47. The van der Waals surface area contributed by atoms with Gasteiger partial charge in [-0.2, -0.15) is 0 Å². The molecule has 0 saturated heterocycles. The van der Waals surface area contributed by atoms with Crippen LogP contribution >= 0.6 is 11.6 Å². The molecule has 1 amide bonds. The Morgan fingerprint density at radius 3 is 2.83 bits per heavy atom. The van der Waals surface area contributed by atoms with E-state index >= 15 is 0 Å². The molecule has 1 aliphatic carbocycles. The average Bonchev–Trinajstić information content (AvgIpc) is 3.49. The fourth-order valence-corrected chi connectivity index (χ4v) is 3.96. The van der Waals surface area contributed by atoms with Crippen molar-refractivity contribution in [3.8, 4) is 0 Å². The molecule has 158 valence electrons. The van der Waals surface area contributed by atoms with E-state index in [2.05, 4.69) is 16.5 Å². The number of rotatable bonds is 9. The van der Waals surface area contributed by atoms with Crippen molar-refractivity contribution >= 4 is 28.7 Å². The van der Waals surface area contributed by atoms with E-state index < -0.39 is 11.7 Å². The highest BCUT2D eigenvalue weighted by molar-refractivity contribution is 6.33. The van der Waals surface area contributed by atoms with E-state index in [9.17, 15) is 9.18 Å². The molecular formula is C23H26ClFN4O. The number of amides is 1. The molecule has 0 radical (unpaired) electrons. The van der Waals surface area contributed by atoms with Gasteiger partial charge in [-0.1, -0.05) is 37.4 Å². The summed E-state index contributed by atoms with van der Waals surface area (Å²) in [6.07, 6.45) is 7.04. The van der Waals surface area contributed by atoms with Crippen LogP contribution in [-0.2, 0) is 13.1 Å². The minimum absolute atomic E-state index is 0.0707. The second-order valence-electron chi connectivity index (χ2n) is 7.96. The average molecular weight is 429 g/mol. The lowest BCUT2D eigenvalue weighted by atomic mass is 10.1. The maximum Gasteiger partial charge on any atom is 0.258 e. The first-order valence-electron chi connectivity index (χ1n) is 10.6. The molecule has 2 aromatic heterocycles. The lowest BCUT2D eigenvalue weighted by molar-refractivity contribution is 0.0729. The van der Waals surface area contributed by atoms with Gasteiger partial charge in [-0.05, 0) is 49.4 Å². The molecule has 0 unspecified atom stereocenters. The second-order valence-corrected chi connectivity index (χ2v) is 8.37. The summed E-state index contributed by atoms with van der Waals surface area (Å²) < 4.78 is 16.6. The summed E-state index contributed by atoms with van der Waals surface area (Å²) in [5, 5.41) is 0.133. The Balaban J connectivity index is 1.67. The molecule has 4 rings (SSSR count). The monoisotopic (exact) mass is 428 g/mol. The highest BCUT2D eigenvalue weighted by atomic mass is 35.5. The van der Waals surface area contributed by atoms with Gasteiger partial charge < -0.3 is 9.47 Å². The lowest BCUT2D eigenvalue weighted by Gasteiger charge is -2.24. The Bertz CT molecular complexity index is 1030. The predicted molar refractivity (Wildman–Crippen MR) is 116 cm³/mol. The van der Waals surface area contributed by atoms with E-state index in [0.717, 1.165) is 42.8 Å². The summed E-state index contributed by atoms with van der Waals surface area (Å²) >= 11 is 6.19. The van der Waals surface area contributed by atoms with Crippen molar-refractivity contribution in [3.63, 3.8) is 0 Å². The van der Waals surface area contributed by atoms with Gasteiger partial charge in [-0.3, -0.25) is 4.79 Å². The van der Waals surface area contributed by atoms with Crippen LogP contribution < -0.4 is 0 Å². The molecule has 1 aliphatic rings. The third kappa shape index (κ3) is 4.48. The van der Waals surface area contributed by atoms with Gasteiger partial charge in [0.25, 0.3) is 5.91 Å². The molecule has 0 spiro atoms. The van der Waals surface area contributed by atoms with E-state index in [1.807, 2.05) is 12.1 Å². The maximum atomic E-state index is 14.5. The normalized spacial score (nSPS) is 13.7. The third-order valence-electron chi connectivity index (χ3n) is 5.55. The largest absolute Gasteiger partial charge is 0.331 e. The van der Waals surface area contributed by atoms with Crippen LogP contribution in [0, 0.1) is 11.7 Å². The predicted octanol–water partition coefficient (Wildman–Crippen LogP) is 5.47. The highest BCUT2D eigenvalue weighted by Gasteiger charge is 2.27. The van der Waals surface area contributed by atoms with Crippen molar-refractivity contribution in [3.05, 3.63) is 58.8 Å². The zero-order chi connectivity index (χ0) is 21.1. The molecule has 1 fully saturated rings. The van der Waals surface area contributed by atoms with Crippen LogP contribution in [0.25, 0.3) is 11.2 Å². The number of fused-ring (bicyclic) bond motifs is 1. The summed E-state index contributed by atoms with van der Waals surface area (Å²) in [6.45, 7) is 3.79. The first-order valence-corrected chi connectivity index (χ1v) is 11.0. The number of aromatic nitrogens is 3. The summed E-state index contributed by atoms with van der Waals surface area (Å²) in [5.74, 6) is 0.426. The summed E-state index contributed by atoms with van der Waals surface area (Å²) in [4.78, 5) is 24.2. The Kier molecular flexibility index (Phi) is 6.32. The number of halogens is 2. The van der Waals surface area contributed by atoms with Crippen LogP contribution in [0.2, 0.25) is 5.02 Å². The van der Waals surface area contributed by atoms with Crippen LogP contribution in [0.3, 0.4) is 0 Å². The Labute approximate surface area is 180 Å². The van der Waals surface area contributed by atoms with Gasteiger partial charge in [0.05, 0.1) is 17.1 Å². The fourth-order valence-electron chi connectivity index (χ4n) is 3.71. The van der Waals surface area contributed by atoms with Crippen molar-refractivity contribution in [2.75, 3.05) is 6.54 Å². The molecule has 1 saturated carbocycles. The highest BCUT2D eigenvalue weighted by Crippen LogP contribution is 2.32. The molecule has 0 bridgehead atoms. The van der Waals surface area contributed by atoms with Crippen LogP contribution in [0.1, 0.15) is 55.2 Å². The number of pyridine rings is 1. The van der Waals surface area contributed by atoms with E-state index in [4.69, 9.17) is 16.6 Å². The molecule has 1 aromatic carbocycles. The minimum Gasteiger partial charge on any atom is -0.331 e. The molecule has 30 heavy (non-hydrogen) atoms. The number of carbonyl (C=O) groups is 1. The third-order valence-corrected chi connectivity index (χ3v) is 5.86. The zero-order valence-electron chi connectivity index (χ0n) is 17.2. The molecule has 0 aliphatic heterocycles. The molecule has 0 atom stereocenters. The molecule has 0 N–H and O–H groups in total. The molecule has 7 heteroatoms. The molecule has 3 aromatic rings.